The number of esters is 1. The maximum atomic E-state index is 11.3. The number of hydrogen-bond donors (Lipinski definition) is 0. The van der Waals surface area contributed by atoms with E-state index in [1.807, 2.05) is 24.3 Å². The van der Waals surface area contributed by atoms with Gasteiger partial charge in [-0.2, -0.15) is 0 Å². The fourth-order valence-electron chi connectivity index (χ4n) is 1.29. The van der Waals surface area contributed by atoms with Crippen LogP contribution in [0.25, 0.3) is 0 Å². The Balaban J connectivity index is 2.23. The minimum absolute atomic E-state index is 0.0745. The molecule has 0 heterocycles. The van der Waals surface area contributed by atoms with Gasteiger partial charge in [0.2, 0.25) is 0 Å². The molecule has 1 aromatic rings. The second-order valence-electron chi connectivity index (χ2n) is 3.64. The molecule has 0 aliphatic heterocycles. The number of ether oxygens (including phenoxy) is 2. The molecule has 0 aliphatic carbocycles. The second kappa shape index (κ2) is 8.00. The molecule has 0 spiro atoms. The average Bonchev–Trinajstić information content (AvgIpc) is 2.32. The predicted molar refractivity (Wildman–Crippen MR) is 70.1 cm³/mol. The maximum absolute atomic E-state index is 11.3. The maximum Gasteiger partial charge on any atom is 0.313 e. The standard InChI is InChI=1S/C13H15BrO4/c1-2-18-13(16)7-12(15)9-17-8-10-3-5-11(14)6-4-10/h3-6H,2,7-9H2,1H3. The first-order valence-electron chi connectivity index (χ1n) is 5.61. The molecule has 18 heavy (non-hydrogen) atoms. The number of Topliss-reactive ketones (excluding diaryl/α,β-unsaturated/α-hetero) is 1. The van der Waals surface area contributed by atoms with Gasteiger partial charge in [-0.25, -0.2) is 0 Å². The lowest BCUT2D eigenvalue weighted by Gasteiger charge is -2.04. The van der Waals surface area contributed by atoms with Gasteiger partial charge >= 0.3 is 5.97 Å². The summed E-state index contributed by atoms with van der Waals surface area (Å²) in [6, 6.07) is 7.61. The lowest BCUT2D eigenvalue weighted by molar-refractivity contribution is -0.146. The third-order valence-electron chi connectivity index (χ3n) is 2.09. The van der Waals surface area contributed by atoms with Crippen molar-refractivity contribution in [3.8, 4) is 0 Å². The number of carbonyl (C=O) groups is 2. The van der Waals surface area contributed by atoms with Crippen LogP contribution in [0.1, 0.15) is 18.9 Å². The number of benzene rings is 1. The number of ketones is 1. The third-order valence-corrected chi connectivity index (χ3v) is 2.62. The molecule has 0 N–H and O–H groups in total. The zero-order chi connectivity index (χ0) is 13.4. The minimum Gasteiger partial charge on any atom is -0.466 e. The summed E-state index contributed by atoms with van der Waals surface area (Å²) in [6.45, 7) is 2.26. The molecule has 0 bridgehead atoms. The van der Waals surface area contributed by atoms with Crippen LogP contribution in [-0.2, 0) is 25.7 Å². The van der Waals surface area contributed by atoms with Crippen LogP contribution in [0.3, 0.4) is 0 Å². The summed E-state index contributed by atoms with van der Waals surface area (Å²) in [5.41, 5.74) is 0.974. The predicted octanol–water partition coefficient (Wildman–Crippen LogP) is 2.49. The first kappa shape index (κ1) is 14.9. The Morgan fingerprint density at radius 1 is 1.22 bits per heavy atom. The van der Waals surface area contributed by atoms with Gasteiger partial charge in [0.1, 0.15) is 13.0 Å². The molecular weight excluding hydrogens is 300 g/mol. The summed E-state index contributed by atoms with van der Waals surface area (Å²) >= 11 is 3.33. The molecule has 0 saturated carbocycles. The van der Waals surface area contributed by atoms with Crippen LogP contribution in [0.4, 0.5) is 0 Å². The Labute approximate surface area is 114 Å². The van der Waals surface area contributed by atoms with Gasteiger partial charge in [0.15, 0.2) is 5.78 Å². The van der Waals surface area contributed by atoms with E-state index in [-0.39, 0.29) is 25.4 Å². The highest BCUT2D eigenvalue weighted by Crippen LogP contribution is 2.11. The largest absolute Gasteiger partial charge is 0.466 e. The molecule has 0 atom stereocenters. The fourth-order valence-corrected chi connectivity index (χ4v) is 1.55. The third kappa shape index (κ3) is 5.93. The van der Waals surface area contributed by atoms with Crippen LogP contribution in [0.2, 0.25) is 0 Å². The lowest BCUT2D eigenvalue weighted by Crippen LogP contribution is -2.15. The van der Waals surface area contributed by atoms with Gasteiger partial charge in [0.25, 0.3) is 0 Å². The van der Waals surface area contributed by atoms with E-state index in [4.69, 9.17) is 4.74 Å². The zero-order valence-electron chi connectivity index (χ0n) is 10.1. The molecule has 0 aliphatic rings. The highest BCUT2D eigenvalue weighted by atomic mass is 79.9. The summed E-state index contributed by atoms with van der Waals surface area (Å²) < 4.78 is 10.9. The van der Waals surface area contributed by atoms with Gasteiger partial charge in [0.05, 0.1) is 13.2 Å². The first-order valence-corrected chi connectivity index (χ1v) is 6.40. The zero-order valence-corrected chi connectivity index (χ0v) is 11.7. The van der Waals surface area contributed by atoms with Crippen molar-refractivity contribution < 1.29 is 19.1 Å². The highest BCUT2D eigenvalue weighted by Gasteiger charge is 2.10. The Bertz CT molecular complexity index is 400. The topological polar surface area (TPSA) is 52.6 Å². The average molecular weight is 315 g/mol. The Kier molecular flexibility index (Phi) is 6.60. The molecule has 5 heteroatoms. The van der Waals surface area contributed by atoms with E-state index in [0.29, 0.717) is 6.61 Å². The smallest absolute Gasteiger partial charge is 0.313 e. The molecule has 0 amide bonds. The molecule has 0 unspecified atom stereocenters. The molecule has 0 aromatic heterocycles. The molecule has 4 nitrogen and oxygen atoms in total. The monoisotopic (exact) mass is 314 g/mol. The quantitative estimate of drug-likeness (QED) is 0.573. The highest BCUT2D eigenvalue weighted by molar-refractivity contribution is 9.10. The lowest BCUT2D eigenvalue weighted by atomic mass is 10.2. The number of halogens is 1. The molecule has 1 rings (SSSR count). The SMILES string of the molecule is CCOC(=O)CC(=O)COCc1ccc(Br)cc1. The summed E-state index contributed by atoms with van der Waals surface area (Å²) in [6.07, 6.45) is -0.228. The van der Waals surface area contributed by atoms with Gasteiger partial charge in [-0.1, -0.05) is 28.1 Å². The van der Waals surface area contributed by atoms with Crippen LogP contribution in [0.15, 0.2) is 28.7 Å². The normalized spacial score (nSPS) is 10.1. The van der Waals surface area contributed by atoms with Gasteiger partial charge in [-0.05, 0) is 24.6 Å². The van der Waals surface area contributed by atoms with E-state index in [2.05, 4.69) is 20.7 Å². The fraction of sp³-hybridized carbons (Fsp3) is 0.385. The molecule has 98 valence electrons. The number of carbonyl (C=O) groups excluding carboxylic acids is 2. The van der Waals surface area contributed by atoms with Crippen molar-refractivity contribution in [2.75, 3.05) is 13.2 Å². The summed E-state index contributed by atoms with van der Waals surface area (Å²) in [5.74, 6) is -0.777. The van der Waals surface area contributed by atoms with Crippen LogP contribution in [-0.4, -0.2) is 25.0 Å². The van der Waals surface area contributed by atoms with Crippen molar-refractivity contribution in [1.29, 1.82) is 0 Å². The Hall–Kier alpha value is -1.20. The van der Waals surface area contributed by atoms with Crippen molar-refractivity contribution in [1.82, 2.24) is 0 Å². The summed E-state index contributed by atoms with van der Waals surface area (Å²) in [7, 11) is 0. The summed E-state index contributed by atoms with van der Waals surface area (Å²) in [5, 5.41) is 0. The molecule has 1 aromatic carbocycles. The van der Waals surface area contributed by atoms with Crippen LogP contribution in [0, 0.1) is 0 Å². The van der Waals surface area contributed by atoms with Gasteiger partial charge in [-0.3, -0.25) is 9.59 Å². The number of hydrogen-bond acceptors (Lipinski definition) is 4. The second-order valence-corrected chi connectivity index (χ2v) is 4.56. The molecule has 0 radical (unpaired) electrons. The molecule has 0 saturated heterocycles. The Morgan fingerprint density at radius 2 is 1.89 bits per heavy atom. The van der Waals surface area contributed by atoms with E-state index in [9.17, 15) is 9.59 Å². The van der Waals surface area contributed by atoms with Crippen LogP contribution in [0.5, 0.6) is 0 Å². The van der Waals surface area contributed by atoms with E-state index in [1.165, 1.54) is 0 Å². The van der Waals surface area contributed by atoms with Gasteiger partial charge < -0.3 is 9.47 Å². The van der Waals surface area contributed by atoms with Crippen molar-refractivity contribution in [3.63, 3.8) is 0 Å². The van der Waals surface area contributed by atoms with E-state index in [0.717, 1.165) is 10.0 Å². The van der Waals surface area contributed by atoms with Crippen molar-refractivity contribution in [2.24, 2.45) is 0 Å². The first-order chi connectivity index (χ1) is 8.61. The Morgan fingerprint density at radius 3 is 2.50 bits per heavy atom. The molecular formula is C13H15BrO4. The van der Waals surface area contributed by atoms with Crippen molar-refractivity contribution >= 4 is 27.7 Å². The minimum atomic E-state index is -0.505. The number of rotatable bonds is 7. The van der Waals surface area contributed by atoms with Crippen LogP contribution >= 0.6 is 15.9 Å². The summed E-state index contributed by atoms with van der Waals surface area (Å²) in [4.78, 5) is 22.4. The van der Waals surface area contributed by atoms with Gasteiger partial charge in [-0.15, -0.1) is 0 Å². The van der Waals surface area contributed by atoms with Crippen LogP contribution < -0.4 is 0 Å². The van der Waals surface area contributed by atoms with E-state index < -0.39 is 5.97 Å². The van der Waals surface area contributed by atoms with E-state index in [1.54, 1.807) is 6.92 Å². The molecule has 0 fully saturated rings. The van der Waals surface area contributed by atoms with Crippen molar-refractivity contribution in [3.05, 3.63) is 34.3 Å². The van der Waals surface area contributed by atoms with Gasteiger partial charge in [0, 0.05) is 4.47 Å². The van der Waals surface area contributed by atoms with Crippen molar-refractivity contribution in [2.45, 2.75) is 20.0 Å². The van der Waals surface area contributed by atoms with E-state index >= 15 is 0 Å².